The average molecular weight is 239 g/mol. The molecule has 94 valence electrons. The smallest absolute Gasteiger partial charge is 0.338 e. The second-order valence-corrected chi connectivity index (χ2v) is 3.62. The van der Waals surface area contributed by atoms with Gasteiger partial charge in [-0.2, -0.15) is 0 Å². The summed E-state index contributed by atoms with van der Waals surface area (Å²) in [5, 5.41) is 0. The predicted molar refractivity (Wildman–Crippen MR) is 65.2 cm³/mol. The van der Waals surface area contributed by atoms with E-state index >= 15 is 0 Å². The Morgan fingerprint density at radius 1 is 1.06 bits per heavy atom. The van der Waals surface area contributed by atoms with Crippen LogP contribution in [0.5, 0.6) is 11.5 Å². The summed E-state index contributed by atoms with van der Waals surface area (Å²) in [6.45, 7) is 0. The quantitative estimate of drug-likeness (QED) is 0.746. The molecule has 0 atom stereocenters. The maximum atomic E-state index is 11.5. The minimum atomic E-state index is -0.424. The number of hydrogen-bond donors (Lipinski definition) is 0. The molecule has 0 fully saturated rings. The van der Waals surface area contributed by atoms with Crippen LogP contribution in [0.15, 0.2) is 12.1 Å². The number of rotatable bonds is 4. The molecule has 0 bridgehead atoms. The number of carbonyl (C=O) groups excluding carboxylic acids is 1. The van der Waals surface area contributed by atoms with E-state index in [0.717, 1.165) is 5.69 Å². The van der Waals surface area contributed by atoms with Crippen molar-refractivity contribution in [2.75, 3.05) is 40.3 Å². The number of anilines is 1. The van der Waals surface area contributed by atoms with Crippen LogP contribution in [0.2, 0.25) is 0 Å². The molecule has 1 aromatic carbocycles. The number of benzene rings is 1. The molecule has 0 aliphatic carbocycles. The monoisotopic (exact) mass is 239 g/mol. The van der Waals surface area contributed by atoms with Crippen molar-refractivity contribution in [1.29, 1.82) is 0 Å². The third kappa shape index (κ3) is 2.61. The summed E-state index contributed by atoms with van der Waals surface area (Å²) >= 11 is 0. The molecule has 0 radical (unpaired) electrons. The molecule has 5 heteroatoms. The van der Waals surface area contributed by atoms with Crippen molar-refractivity contribution in [3.8, 4) is 11.5 Å². The summed E-state index contributed by atoms with van der Waals surface area (Å²) in [6.07, 6.45) is 0. The molecule has 1 rings (SSSR count). The van der Waals surface area contributed by atoms with Crippen LogP contribution in [0, 0.1) is 0 Å². The van der Waals surface area contributed by atoms with Gasteiger partial charge in [-0.15, -0.1) is 0 Å². The largest absolute Gasteiger partial charge is 0.494 e. The van der Waals surface area contributed by atoms with Gasteiger partial charge in [0.05, 0.1) is 26.9 Å². The summed E-state index contributed by atoms with van der Waals surface area (Å²) in [5.74, 6) is 0.705. The molecular weight excluding hydrogens is 222 g/mol. The van der Waals surface area contributed by atoms with Gasteiger partial charge < -0.3 is 19.1 Å². The minimum Gasteiger partial charge on any atom is -0.494 e. The van der Waals surface area contributed by atoms with Crippen LogP contribution in [0.4, 0.5) is 5.69 Å². The van der Waals surface area contributed by atoms with Gasteiger partial charge in [0.25, 0.3) is 0 Å². The first-order valence-electron chi connectivity index (χ1n) is 5.06. The van der Waals surface area contributed by atoms with Gasteiger partial charge in [0.2, 0.25) is 0 Å². The Kier molecular flexibility index (Phi) is 4.20. The lowest BCUT2D eigenvalue weighted by Gasteiger charge is -2.20. The zero-order chi connectivity index (χ0) is 13.0. The van der Waals surface area contributed by atoms with Gasteiger partial charge in [-0.25, -0.2) is 4.79 Å². The van der Waals surface area contributed by atoms with Crippen LogP contribution in [-0.4, -0.2) is 41.4 Å². The molecule has 17 heavy (non-hydrogen) atoms. The molecule has 0 saturated carbocycles. The van der Waals surface area contributed by atoms with Crippen molar-refractivity contribution >= 4 is 11.7 Å². The lowest BCUT2D eigenvalue weighted by atomic mass is 10.1. The normalized spacial score (nSPS) is 9.71. The van der Waals surface area contributed by atoms with Crippen molar-refractivity contribution in [1.82, 2.24) is 0 Å². The lowest BCUT2D eigenvalue weighted by Crippen LogP contribution is -2.13. The fourth-order valence-electron chi connectivity index (χ4n) is 1.57. The Balaban J connectivity index is 3.39. The maximum absolute atomic E-state index is 11.5. The SMILES string of the molecule is COC(=O)c1cc(OC)c(N(C)C)c(OC)c1. The third-order valence-electron chi connectivity index (χ3n) is 2.35. The third-order valence-corrected chi connectivity index (χ3v) is 2.35. The van der Waals surface area contributed by atoms with E-state index in [9.17, 15) is 4.79 Å². The lowest BCUT2D eigenvalue weighted by molar-refractivity contribution is 0.0600. The fourth-order valence-corrected chi connectivity index (χ4v) is 1.57. The summed E-state index contributed by atoms with van der Waals surface area (Å²) in [4.78, 5) is 13.3. The topological polar surface area (TPSA) is 48.0 Å². The zero-order valence-corrected chi connectivity index (χ0v) is 10.7. The van der Waals surface area contributed by atoms with Crippen LogP contribution in [0.3, 0.4) is 0 Å². The highest BCUT2D eigenvalue weighted by molar-refractivity contribution is 5.92. The first-order valence-corrected chi connectivity index (χ1v) is 5.06. The van der Waals surface area contributed by atoms with E-state index in [2.05, 4.69) is 4.74 Å². The van der Waals surface area contributed by atoms with Crippen molar-refractivity contribution in [3.63, 3.8) is 0 Å². The Morgan fingerprint density at radius 3 is 1.82 bits per heavy atom. The highest BCUT2D eigenvalue weighted by Crippen LogP contribution is 2.38. The molecule has 0 amide bonds. The van der Waals surface area contributed by atoms with E-state index in [0.29, 0.717) is 17.1 Å². The van der Waals surface area contributed by atoms with Gasteiger partial charge >= 0.3 is 5.97 Å². The molecule has 0 aromatic heterocycles. The van der Waals surface area contributed by atoms with E-state index in [1.54, 1.807) is 26.4 Å². The molecule has 5 nitrogen and oxygen atoms in total. The van der Waals surface area contributed by atoms with Gasteiger partial charge in [-0.1, -0.05) is 0 Å². The van der Waals surface area contributed by atoms with Crippen LogP contribution in [0.1, 0.15) is 10.4 Å². The fraction of sp³-hybridized carbons (Fsp3) is 0.417. The number of methoxy groups -OCH3 is 3. The highest BCUT2D eigenvalue weighted by atomic mass is 16.5. The van der Waals surface area contributed by atoms with Gasteiger partial charge in [0, 0.05) is 14.1 Å². The molecule has 0 spiro atoms. The second-order valence-electron chi connectivity index (χ2n) is 3.62. The molecule has 0 aliphatic heterocycles. The van der Waals surface area contributed by atoms with Crippen molar-refractivity contribution < 1.29 is 19.0 Å². The van der Waals surface area contributed by atoms with Crippen molar-refractivity contribution in [3.05, 3.63) is 17.7 Å². The Morgan fingerprint density at radius 2 is 1.53 bits per heavy atom. The van der Waals surface area contributed by atoms with Crippen LogP contribution in [-0.2, 0) is 4.74 Å². The number of carbonyl (C=O) groups is 1. The van der Waals surface area contributed by atoms with E-state index < -0.39 is 5.97 Å². The van der Waals surface area contributed by atoms with Crippen molar-refractivity contribution in [2.45, 2.75) is 0 Å². The zero-order valence-electron chi connectivity index (χ0n) is 10.7. The molecular formula is C12H17NO4. The molecule has 0 saturated heterocycles. The average Bonchev–Trinajstić information content (AvgIpc) is 2.35. The number of nitrogens with zero attached hydrogens (tertiary/aromatic N) is 1. The van der Waals surface area contributed by atoms with Gasteiger partial charge in [0.1, 0.15) is 17.2 Å². The Labute approximate surface area is 101 Å². The Bertz CT molecular complexity index is 390. The van der Waals surface area contributed by atoms with E-state index in [1.165, 1.54) is 7.11 Å². The van der Waals surface area contributed by atoms with Gasteiger partial charge in [-0.3, -0.25) is 0 Å². The van der Waals surface area contributed by atoms with E-state index in [1.807, 2.05) is 19.0 Å². The van der Waals surface area contributed by atoms with E-state index in [4.69, 9.17) is 9.47 Å². The van der Waals surface area contributed by atoms with Crippen LogP contribution < -0.4 is 14.4 Å². The summed E-state index contributed by atoms with van der Waals surface area (Å²) in [6, 6.07) is 3.26. The van der Waals surface area contributed by atoms with Gasteiger partial charge in [-0.05, 0) is 12.1 Å². The van der Waals surface area contributed by atoms with Crippen LogP contribution >= 0.6 is 0 Å². The number of ether oxygens (including phenoxy) is 3. The second kappa shape index (κ2) is 5.43. The van der Waals surface area contributed by atoms with Gasteiger partial charge in [0.15, 0.2) is 0 Å². The highest BCUT2D eigenvalue weighted by Gasteiger charge is 2.17. The molecule has 1 aromatic rings. The minimum absolute atomic E-state index is 0.395. The summed E-state index contributed by atoms with van der Waals surface area (Å²) in [5.41, 5.74) is 1.18. The molecule has 0 unspecified atom stereocenters. The van der Waals surface area contributed by atoms with E-state index in [-0.39, 0.29) is 0 Å². The summed E-state index contributed by atoms with van der Waals surface area (Å²) in [7, 11) is 8.17. The first kappa shape index (κ1) is 13.2. The first-order chi connectivity index (χ1) is 8.04. The number of hydrogen-bond acceptors (Lipinski definition) is 5. The molecule has 0 heterocycles. The number of esters is 1. The van der Waals surface area contributed by atoms with Crippen LogP contribution in [0.25, 0.3) is 0 Å². The molecule has 0 aliphatic rings. The standard InChI is InChI=1S/C12H17NO4/c1-13(2)11-9(15-3)6-8(12(14)17-5)7-10(11)16-4/h6-7H,1-5H3. The predicted octanol–water partition coefficient (Wildman–Crippen LogP) is 1.56. The van der Waals surface area contributed by atoms with Crippen molar-refractivity contribution in [2.24, 2.45) is 0 Å². The maximum Gasteiger partial charge on any atom is 0.338 e. The Hall–Kier alpha value is -1.91. The molecule has 0 N–H and O–H groups in total. The summed E-state index contributed by atoms with van der Waals surface area (Å²) < 4.78 is 15.2.